The molecule has 0 fully saturated rings. The van der Waals surface area contributed by atoms with Gasteiger partial charge in [0.1, 0.15) is 0 Å². The maximum absolute atomic E-state index is 2.71. The molecule has 0 N–H and O–H groups in total. The van der Waals surface area contributed by atoms with Crippen LogP contribution in [0, 0.1) is 23.7 Å². The normalized spacial score (nSPS) is 13.9. The molecule has 0 aliphatic heterocycles. The molecule has 0 aromatic carbocycles. The minimum absolute atomic E-state index is 0.667. The van der Waals surface area contributed by atoms with Crippen molar-refractivity contribution in [1.82, 2.24) is 18.3 Å². The highest BCUT2D eigenvalue weighted by atomic mass is 32.1. The lowest BCUT2D eigenvalue weighted by molar-refractivity contribution is 0.401. The minimum atomic E-state index is 0.667. The van der Waals surface area contributed by atoms with E-state index in [0.29, 0.717) is 23.7 Å². The third kappa shape index (κ3) is 12.0. The molecular formula is C80H86N4S12. The van der Waals surface area contributed by atoms with Crippen LogP contribution in [0.15, 0.2) is 106 Å². The molecule has 0 aliphatic rings. The summed E-state index contributed by atoms with van der Waals surface area (Å²) in [4.78, 5) is 16.5. The molecule has 0 saturated carbocycles. The van der Waals surface area contributed by atoms with Gasteiger partial charge in [0.25, 0.3) is 0 Å². The quantitative estimate of drug-likeness (QED) is 0.0413. The molecule has 16 rings (SSSR count). The third-order valence-electron chi connectivity index (χ3n) is 20.9. The highest BCUT2D eigenvalue weighted by Crippen LogP contribution is 2.58. The van der Waals surface area contributed by atoms with E-state index in [0.717, 1.165) is 26.2 Å². The predicted octanol–water partition coefficient (Wildman–Crippen LogP) is 31.4. The SMILES string of the molecule is CCCCC(CC)Cn1c2ccsc2c2sc(-c3ccc(-c4cc(-c5cc6c(s5)c5sccc5n6CC(CC)CCCC)sc4-c4sc(-c5cc6c(s5)c5sccc5n6CC(CC)CCCC)cc4-c4ccc(-c5cc6c(s5)c5sccc5n6CC(CC)CCCC)s4)s3)cc21. The molecule has 0 bridgehead atoms. The van der Waals surface area contributed by atoms with Crippen molar-refractivity contribution >= 4 is 218 Å². The van der Waals surface area contributed by atoms with Crippen LogP contribution in [-0.4, -0.2) is 18.3 Å². The van der Waals surface area contributed by atoms with Gasteiger partial charge < -0.3 is 18.3 Å². The van der Waals surface area contributed by atoms with Gasteiger partial charge in [-0.3, -0.25) is 0 Å². The Morgan fingerprint density at radius 2 is 0.521 bits per heavy atom. The van der Waals surface area contributed by atoms with E-state index in [4.69, 9.17) is 0 Å². The topological polar surface area (TPSA) is 19.7 Å². The van der Waals surface area contributed by atoms with Crippen molar-refractivity contribution in [2.45, 2.75) is 184 Å². The fraction of sp³-hybridized carbons (Fsp3) is 0.400. The molecule has 16 heteroatoms. The molecular weight excluding hydrogens is 1400 g/mol. The number of thiophene rings is 12. The summed E-state index contributed by atoms with van der Waals surface area (Å²) >= 11 is 23.9. The average Bonchev–Trinajstić information content (AvgIpc) is 1.60. The Balaban J connectivity index is 0.861. The van der Waals surface area contributed by atoms with Crippen molar-refractivity contribution < 1.29 is 0 Å². The largest absolute Gasteiger partial charge is 0.339 e. The van der Waals surface area contributed by atoms with E-state index in [9.17, 15) is 0 Å². The van der Waals surface area contributed by atoms with Crippen LogP contribution in [0.5, 0.6) is 0 Å². The van der Waals surface area contributed by atoms with Crippen molar-refractivity contribution in [3.63, 3.8) is 0 Å². The van der Waals surface area contributed by atoms with Crippen LogP contribution in [0.2, 0.25) is 0 Å². The highest BCUT2D eigenvalue weighted by Gasteiger charge is 2.29. The maximum atomic E-state index is 2.71. The second-order valence-electron chi connectivity index (χ2n) is 27.0. The molecule has 0 aliphatic carbocycles. The van der Waals surface area contributed by atoms with Crippen LogP contribution in [0.25, 0.3) is 151 Å². The Bertz CT molecular complexity index is 5000. The second-order valence-corrected chi connectivity index (χ2v) is 39.1. The number of fused-ring (bicyclic) bond motifs is 12. The Morgan fingerprint density at radius 3 is 0.792 bits per heavy atom. The standard InChI is InChI=1S/C80H86N4S12/c1-9-17-21-47(13-5)43-81-53-29-33-85-73(53)77-57(81)39-67(93-77)63-27-25-61(89-63)51-37-65(69-41-59-79(95-69)75-55(31-35-87-75)83(59)45-49(15-7)23-19-11-3)91-71(51)72-52(38-66(92-72)70-42-60-80(96-70)76-56(32-36-88-76)84(60)46-50(16-8)24-20-12-4)62-26-28-64(90-62)68-40-58-78(94-68)74-54(30-34-86-74)82(58)44-48(14-6)22-18-10-2/h25-42,47-50H,9-24,43-46H2,1-8H3. The fourth-order valence-corrected chi connectivity index (χ4v) is 29.1. The minimum Gasteiger partial charge on any atom is -0.339 e. The first-order valence-corrected chi connectivity index (χ1v) is 45.7. The highest BCUT2D eigenvalue weighted by molar-refractivity contribution is 7.35. The van der Waals surface area contributed by atoms with Crippen LogP contribution in [0.3, 0.4) is 0 Å². The predicted molar refractivity (Wildman–Crippen MR) is 444 cm³/mol. The molecule has 16 aromatic rings. The first-order valence-electron chi connectivity index (χ1n) is 35.7. The fourth-order valence-electron chi connectivity index (χ4n) is 15.2. The lowest BCUT2D eigenvalue weighted by Gasteiger charge is -2.16. The van der Waals surface area contributed by atoms with Gasteiger partial charge >= 0.3 is 0 Å². The zero-order chi connectivity index (χ0) is 65.3. The van der Waals surface area contributed by atoms with Crippen molar-refractivity contribution in [3.8, 4) is 69.7 Å². The van der Waals surface area contributed by atoms with Gasteiger partial charge in [0.15, 0.2) is 0 Å². The summed E-state index contributed by atoms with van der Waals surface area (Å²) in [5, 5.41) is 9.29. The van der Waals surface area contributed by atoms with E-state index < -0.39 is 0 Å². The molecule has 16 aromatic heterocycles. The number of hydrogen-bond acceptors (Lipinski definition) is 12. The molecule has 4 nitrogen and oxygen atoms in total. The van der Waals surface area contributed by atoms with E-state index in [1.54, 1.807) is 0 Å². The Morgan fingerprint density at radius 1 is 0.260 bits per heavy atom. The van der Waals surface area contributed by atoms with Crippen molar-refractivity contribution in [1.29, 1.82) is 0 Å². The van der Waals surface area contributed by atoms with Crippen molar-refractivity contribution in [3.05, 3.63) is 106 Å². The Kier molecular flexibility index (Phi) is 19.7. The number of aromatic nitrogens is 4. The molecule has 0 amide bonds. The van der Waals surface area contributed by atoms with Gasteiger partial charge in [-0.2, -0.15) is 0 Å². The number of nitrogens with zero attached hydrogens (tertiary/aromatic N) is 4. The lowest BCUT2D eigenvalue weighted by atomic mass is 9.99. The van der Waals surface area contributed by atoms with Crippen LogP contribution < -0.4 is 0 Å². The molecule has 4 atom stereocenters. The van der Waals surface area contributed by atoms with E-state index in [1.807, 2.05) is 136 Å². The average molecular weight is 1490 g/mol. The molecule has 0 spiro atoms. The first kappa shape index (κ1) is 66.2. The van der Waals surface area contributed by atoms with Gasteiger partial charge in [-0.05, 0) is 156 Å². The van der Waals surface area contributed by atoms with Crippen LogP contribution in [0.4, 0.5) is 0 Å². The molecule has 16 heterocycles. The second kappa shape index (κ2) is 28.6. The monoisotopic (exact) mass is 1490 g/mol. The molecule has 0 radical (unpaired) electrons. The number of hydrogen-bond donors (Lipinski definition) is 0. The van der Waals surface area contributed by atoms with E-state index in [2.05, 4.69) is 180 Å². The van der Waals surface area contributed by atoms with E-state index in [-0.39, 0.29) is 0 Å². The van der Waals surface area contributed by atoms with Gasteiger partial charge in [0, 0.05) is 86.1 Å². The van der Waals surface area contributed by atoms with Crippen molar-refractivity contribution in [2.24, 2.45) is 23.7 Å². The summed E-state index contributed by atoms with van der Waals surface area (Å²) in [6, 6.07) is 34.9. The van der Waals surface area contributed by atoms with E-state index >= 15 is 0 Å². The van der Waals surface area contributed by atoms with Gasteiger partial charge in [0.05, 0.1) is 91.5 Å². The zero-order valence-electron chi connectivity index (χ0n) is 56.5. The summed E-state index contributed by atoms with van der Waals surface area (Å²) < 4.78 is 22.4. The summed E-state index contributed by atoms with van der Waals surface area (Å²) in [6.07, 6.45) is 20.2. The molecule has 0 saturated heterocycles. The van der Waals surface area contributed by atoms with Crippen LogP contribution in [-0.2, 0) is 26.2 Å². The lowest BCUT2D eigenvalue weighted by Crippen LogP contribution is -2.09. The summed E-state index contributed by atoms with van der Waals surface area (Å²) in [6.45, 7) is 23.3. The molecule has 4 unspecified atom stereocenters. The summed E-state index contributed by atoms with van der Waals surface area (Å²) in [5.74, 6) is 2.70. The molecule has 96 heavy (non-hydrogen) atoms. The third-order valence-corrected chi connectivity index (χ3v) is 35.1. The smallest absolute Gasteiger partial charge is 0.0707 e. The van der Waals surface area contributed by atoms with Crippen molar-refractivity contribution in [2.75, 3.05) is 0 Å². The van der Waals surface area contributed by atoms with Gasteiger partial charge in [-0.25, -0.2) is 0 Å². The Hall–Kier alpha value is -4.40. The number of unbranched alkanes of at least 4 members (excludes halogenated alkanes) is 4. The van der Waals surface area contributed by atoms with Gasteiger partial charge in [-0.15, -0.1) is 136 Å². The summed E-state index contributed by atoms with van der Waals surface area (Å²) in [5.41, 5.74) is 14.1. The Labute approximate surface area is 613 Å². The van der Waals surface area contributed by atoms with Crippen LogP contribution >= 0.6 is 136 Å². The van der Waals surface area contributed by atoms with E-state index in [1.165, 1.54) is 254 Å². The number of rotatable bonds is 31. The molecule has 498 valence electrons. The maximum Gasteiger partial charge on any atom is 0.0707 e. The summed E-state index contributed by atoms with van der Waals surface area (Å²) in [7, 11) is 0. The first-order chi connectivity index (χ1) is 47.2. The van der Waals surface area contributed by atoms with Gasteiger partial charge in [-0.1, -0.05) is 132 Å². The zero-order valence-corrected chi connectivity index (χ0v) is 66.3. The van der Waals surface area contributed by atoms with Crippen LogP contribution in [0.1, 0.15) is 158 Å². The van der Waals surface area contributed by atoms with Gasteiger partial charge in [0.2, 0.25) is 0 Å².